The van der Waals surface area contributed by atoms with Crippen LogP contribution in [0.2, 0.25) is 0 Å². The first-order valence-corrected chi connectivity index (χ1v) is 34.9. The Morgan fingerprint density at radius 1 is 0.343 bits per heavy atom. The van der Waals surface area contributed by atoms with Crippen molar-refractivity contribution in [3.05, 3.63) is 36.5 Å². The highest BCUT2D eigenvalue weighted by molar-refractivity contribution is 5.82. The first-order valence-electron chi connectivity index (χ1n) is 34.9. The summed E-state index contributed by atoms with van der Waals surface area (Å²) in [5.41, 5.74) is 0. The van der Waals surface area contributed by atoms with Crippen molar-refractivity contribution in [1.82, 2.24) is 0 Å². The number of allylic oxidation sites excluding steroid dienone is 3. The maximum atomic E-state index is 13.0. The van der Waals surface area contributed by atoms with E-state index >= 15 is 0 Å². The summed E-state index contributed by atoms with van der Waals surface area (Å²) in [6, 6.07) is 0. The lowest BCUT2D eigenvalue weighted by Crippen LogP contribution is -2.64. The average Bonchev–Trinajstić information content (AvgIpc) is 0.762. The Bertz CT molecular complexity index is 2540. The summed E-state index contributed by atoms with van der Waals surface area (Å²) in [5, 5.41) is 199. The van der Waals surface area contributed by atoms with Crippen LogP contribution in [0.5, 0.6) is 0 Å². The van der Waals surface area contributed by atoms with E-state index in [0.29, 0.717) is 77.0 Å². The lowest BCUT2D eigenvalue weighted by atomic mass is 9.72. The number of ether oxygens (including phenoxy) is 12. The van der Waals surface area contributed by atoms with Crippen molar-refractivity contribution in [2.75, 3.05) is 26.4 Å². The van der Waals surface area contributed by atoms with Crippen LogP contribution < -0.4 is 0 Å². The zero-order valence-corrected chi connectivity index (χ0v) is 54.8. The molecule has 0 amide bonds. The number of carbonyl (C=O) groups is 3. The molecule has 5 aliphatic heterocycles. The summed E-state index contributed by atoms with van der Waals surface area (Å²) in [6.45, 7) is -2.82. The van der Waals surface area contributed by atoms with Gasteiger partial charge < -0.3 is 149 Å². The molecular formula is C66H102O33. The SMILES string of the molecule is O=C(C=CC1CCC(O)CC1)OC[C@H]1O[C@@H](OC2CC(O)C3CC(O[C@@H]4O[C@H](CO)[C@@H](O)[C@H](O)[C@H]4O)C(C4CC(O[C@@H]5O[C@H](COC(=O)C=CC6CCC(O)CC6)[C@@H](O)[C@H](O)[C@H]5O)C(O)C(O[C@@H]5O[C@H](COC(=O)C=CC6CCC(O)CC6)[C@@H](O)[C@H](O)[C@H]5O)C4)OC3C2)[C@H](O)[C@@H](O)[C@@H]1O. The van der Waals surface area contributed by atoms with Crippen molar-refractivity contribution in [2.45, 2.75) is 299 Å². The molecule has 0 spiro atoms. The number of rotatable bonds is 22. The van der Waals surface area contributed by atoms with Crippen LogP contribution in [0.3, 0.4) is 0 Å². The van der Waals surface area contributed by atoms with Gasteiger partial charge in [-0.25, -0.2) is 14.4 Å². The molecule has 0 radical (unpaired) electrons. The number of aliphatic hydroxyl groups excluding tert-OH is 18. The number of carbonyl (C=O) groups excluding carboxylic acids is 3. The van der Waals surface area contributed by atoms with Gasteiger partial charge in [0, 0.05) is 37.0 Å². The van der Waals surface area contributed by atoms with E-state index in [9.17, 15) is 106 Å². The van der Waals surface area contributed by atoms with Crippen molar-refractivity contribution in [2.24, 2.45) is 29.6 Å². The van der Waals surface area contributed by atoms with E-state index in [2.05, 4.69) is 0 Å². The van der Waals surface area contributed by atoms with Gasteiger partial charge >= 0.3 is 17.9 Å². The second kappa shape index (κ2) is 35.6. The van der Waals surface area contributed by atoms with E-state index in [1.807, 2.05) is 0 Å². The van der Waals surface area contributed by atoms with Gasteiger partial charge in [0.05, 0.1) is 67.6 Å². The molecule has 10 fully saturated rings. The molecular weight excluding hydrogens is 1320 g/mol. The lowest BCUT2D eigenvalue weighted by Gasteiger charge is -2.53. The number of hydrogen-bond acceptors (Lipinski definition) is 33. The molecule has 18 N–H and O–H groups in total. The zero-order valence-electron chi connectivity index (χ0n) is 54.8. The minimum atomic E-state index is -2.07. The molecule has 0 aromatic heterocycles. The second-order valence-corrected chi connectivity index (χ2v) is 28.5. The third-order valence-electron chi connectivity index (χ3n) is 21.5. The Morgan fingerprint density at radius 3 is 1.04 bits per heavy atom. The largest absolute Gasteiger partial charge is 0.460 e. The minimum Gasteiger partial charge on any atom is -0.460 e. The van der Waals surface area contributed by atoms with Gasteiger partial charge in [-0.1, -0.05) is 18.2 Å². The van der Waals surface area contributed by atoms with Crippen molar-refractivity contribution >= 4 is 17.9 Å². The first kappa shape index (κ1) is 78.1. The van der Waals surface area contributed by atoms with E-state index < -0.39 is 246 Å². The Morgan fingerprint density at radius 2 is 0.677 bits per heavy atom. The summed E-state index contributed by atoms with van der Waals surface area (Å²) in [4.78, 5) is 38.8. The maximum absolute atomic E-state index is 13.0. The summed E-state index contributed by atoms with van der Waals surface area (Å²) in [6.07, 6.45) is -34.8. The predicted molar refractivity (Wildman–Crippen MR) is 328 cm³/mol. The Balaban J connectivity index is 0.898. The zero-order chi connectivity index (χ0) is 71.1. The summed E-state index contributed by atoms with van der Waals surface area (Å²) in [7, 11) is 0. The number of esters is 3. The van der Waals surface area contributed by atoms with Gasteiger partial charge in [-0.15, -0.1) is 0 Å². The molecule has 0 bridgehead atoms. The Labute approximate surface area is 570 Å². The maximum Gasteiger partial charge on any atom is 0.330 e. The fourth-order valence-corrected chi connectivity index (χ4v) is 15.3. The van der Waals surface area contributed by atoms with Crippen molar-refractivity contribution in [3.63, 3.8) is 0 Å². The number of fused-ring (bicyclic) bond motifs is 1. The van der Waals surface area contributed by atoms with Crippen LogP contribution >= 0.6 is 0 Å². The monoisotopic (exact) mass is 1420 g/mol. The molecule has 5 saturated heterocycles. The van der Waals surface area contributed by atoms with Gasteiger partial charge in [0.15, 0.2) is 25.2 Å². The van der Waals surface area contributed by atoms with Crippen molar-refractivity contribution in [3.8, 4) is 0 Å². The molecule has 10 aliphatic rings. The van der Waals surface area contributed by atoms with Crippen LogP contribution in [0.15, 0.2) is 36.5 Å². The number of aliphatic hydroxyl groups is 18. The van der Waals surface area contributed by atoms with Crippen LogP contribution in [-0.4, -0.2) is 326 Å². The molecule has 0 aromatic carbocycles. The molecule has 8 unspecified atom stereocenters. The predicted octanol–water partition coefficient (Wildman–Crippen LogP) is -5.60. The van der Waals surface area contributed by atoms with E-state index in [4.69, 9.17) is 56.8 Å². The van der Waals surface area contributed by atoms with E-state index in [1.54, 1.807) is 18.2 Å². The summed E-state index contributed by atoms with van der Waals surface area (Å²) in [5.74, 6) is -4.46. The molecule has 5 aliphatic carbocycles. The summed E-state index contributed by atoms with van der Waals surface area (Å²) < 4.78 is 72.3. The molecule has 28 atom stereocenters. The third kappa shape index (κ3) is 19.7. The Hall–Kier alpha value is -3.45. The Kier molecular flexibility index (Phi) is 28.1. The second-order valence-electron chi connectivity index (χ2n) is 28.5. The van der Waals surface area contributed by atoms with Gasteiger partial charge in [-0.05, 0) is 120 Å². The molecule has 0 aromatic rings. The van der Waals surface area contributed by atoms with Gasteiger partial charge in [-0.3, -0.25) is 0 Å². The van der Waals surface area contributed by atoms with E-state index in [0.717, 1.165) is 0 Å². The molecule has 5 saturated carbocycles. The standard InChI is InChI=1S/C66H102O33/c67-24-42-50(76)54(80)59(85)66(96-42)95-41-23-36-37(71)21-35(91-63-58(84)55(81)51(77)43(97-63)25-88-46(72)16-7-28-1-10-32(68)11-2-28)22-38(36)92-62(41)31-19-39(93-64-60(86)56(82)52(78)44(98-64)26-89-47(73)17-8-29-3-12-33(69)13-4-29)49(75)40(20-31)94-65-61(87)57(83)53(79)45(99-65)27-90-48(74)18-9-30-5-14-34(70)15-6-30/h7-9,16-18,28-45,49-71,75-87H,1-6,10-15,19-27H2/t28?,29?,30?,31?,32?,33?,34?,35?,36?,37?,38?,39?,40?,41?,42-,43-,44-,45-,49?,50-,51-,52-,53-,54+,55+,56+,57+,58-,59-,60-,61-,62?,63-,64-,65-,66-/m1/s1. The molecule has 33 nitrogen and oxygen atoms in total. The van der Waals surface area contributed by atoms with Gasteiger partial charge in [0.2, 0.25) is 0 Å². The van der Waals surface area contributed by atoms with Crippen LogP contribution in [0, 0.1) is 29.6 Å². The summed E-state index contributed by atoms with van der Waals surface area (Å²) >= 11 is 0. The first-order chi connectivity index (χ1) is 47.2. The molecule has 10 rings (SSSR count). The van der Waals surface area contributed by atoms with Gasteiger partial charge in [0.25, 0.3) is 0 Å². The number of hydrogen-bond donors (Lipinski definition) is 18. The molecule has 33 heteroatoms. The highest BCUT2D eigenvalue weighted by Gasteiger charge is 2.57. The normalized spacial score (nSPS) is 47.9. The molecule has 99 heavy (non-hydrogen) atoms. The van der Waals surface area contributed by atoms with E-state index in [1.165, 1.54) is 18.2 Å². The van der Waals surface area contributed by atoms with Crippen molar-refractivity contribution < 1.29 is 163 Å². The van der Waals surface area contributed by atoms with Crippen LogP contribution in [-0.2, 0) is 71.2 Å². The van der Waals surface area contributed by atoms with Crippen LogP contribution in [0.25, 0.3) is 0 Å². The van der Waals surface area contributed by atoms with E-state index in [-0.39, 0.29) is 49.9 Å². The third-order valence-corrected chi connectivity index (χ3v) is 21.5. The van der Waals surface area contributed by atoms with Crippen LogP contribution in [0.4, 0.5) is 0 Å². The molecule has 5 heterocycles. The molecule has 564 valence electrons. The minimum absolute atomic E-state index is 0.0181. The average molecular weight is 1420 g/mol. The highest BCUT2D eigenvalue weighted by Crippen LogP contribution is 2.46. The van der Waals surface area contributed by atoms with Gasteiger partial charge in [-0.2, -0.15) is 0 Å². The quantitative estimate of drug-likeness (QED) is 0.0273. The van der Waals surface area contributed by atoms with Crippen LogP contribution in [0.1, 0.15) is 109 Å². The fourth-order valence-electron chi connectivity index (χ4n) is 15.3. The van der Waals surface area contributed by atoms with Crippen molar-refractivity contribution in [1.29, 1.82) is 0 Å². The smallest absolute Gasteiger partial charge is 0.330 e. The fraction of sp³-hybridized carbons (Fsp3) is 0.864. The highest BCUT2D eigenvalue weighted by atomic mass is 16.7. The lowest BCUT2D eigenvalue weighted by molar-refractivity contribution is -0.351. The topological polar surface area (TPSA) is 526 Å². The van der Waals surface area contributed by atoms with Gasteiger partial charge in [0.1, 0.15) is 124 Å².